The Morgan fingerprint density at radius 2 is 2.28 bits per heavy atom. The van der Waals surface area contributed by atoms with Crippen molar-refractivity contribution in [2.75, 3.05) is 5.43 Å². The van der Waals surface area contributed by atoms with Crippen molar-refractivity contribution in [3.63, 3.8) is 0 Å². The maximum atomic E-state index is 6.07. The van der Waals surface area contributed by atoms with Crippen molar-refractivity contribution in [3.8, 4) is 0 Å². The average Bonchev–Trinajstić information content (AvgIpc) is 2.86. The third-order valence-electron chi connectivity index (χ3n) is 2.16. The lowest BCUT2D eigenvalue weighted by Gasteiger charge is -2.04. The van der Waals surface area contributed by atoms with Gasteiger partial charge in [-0.2, -0.15) is 4.37 Å². The minimum Gasteiger partial charge on any atom is -0.308 e. The van der Waals surface area contributed by atoms with Crippen molar-refractivity contribution in [2.24, 2.45) is 5.84 Å². The molecule has 2 aromatic rings. The van der Waals surface area contributed by atoms with E-state index >= 15 is 0 Å². The molecular weight excluding hydrogens is 290 g/mol. The minimum absolute atomic E-state index is 0.599. The predicted molar refractivity (Wildman–Crippen MR) is 75.9 cm³/mol. The molecule has 0 amide bonds. The fourth-order valence-electron chi connectivity index (χ4n) is 1.24. The summed E-state index contributed by atoms with van der Waals surface area (Å²) < 4.78 is 5.15. The van der Waals surface area contributed by atoms with E-state index in [1.54, 1.807) is 23.9 Å². The number of nitrogens with two attached hydrogens (primary N) is 1. The number of nitrogen functional groups attached to an aromatic ring is 1. The number of nitrogens with zero attached hydrogens (tertiary/aromatic N) is 3. The number of rotatable bonds is 5. The summed E-state index contributed by atoms with van der Waals surface area (Å²) in [5.41, 5.74) is 3.28. The van der Waals surface area contributed by atoms with E-state index < -0.39 is 0 Å². The number of halogens is 1. The number of hydrogen-bond donors (Lipinski definition) is 2. The van der Waals surface area contributed by atoms with Crippen LogP contribution >= 0.6 is 34.9 Å². The lowest BCUT2D eigenvalue weighted by molar-refractivity contribution is 0.971. The molecule has 0 spiro atoms. The zero-order chi connectivity index (χ0) is 13.0. The van der Waals surface area contributed by atoms with Crippen molar-refractivity contribution < 1.29 is 0 Å². The quantitative estimate of drug-likeness (QED) is 0.502. The van der Waals surface area contributed by atoms with E-state index in [9.17, 15) is 0 Å². The Balaban J connectivity index is 2.05. The highest BCUT2D eigenvalue weighted by Crippen LogP contribution is 2.27. The van der Waals surface area contributed by atoms with E-state index in [1.165, 1.54) is 11.5 Å². The van der Waals surface area contributed by atoms with Crippen LogP contribution in [0.5, 0.6) is 0 Å². The van der Waals surface area contributed by atoms with Gasteiger partial charge in [0, 0.05) is 12.2 Å². The summed E-state index contributed by atoms with van der Waals surface area (Å²) in [6, 6.07) is 3.51. The lowest BCUT2D eigenvalue weighted by Crippen LogP contribution is -2.09. The SMILES string of the molecule is CCc1nsc(SCc2nc(NN)ccc2Cl)n1. The number of aryl methyl sites for hydroxylation is 1. The Labute approximate surface area is 118 Å². The van der Waals surface area contributed by atoms with Crippen LogP contribution in [-0.4, -0.2) is 14.3 Å². The molecule has 0 aliphatic carbocycles. The van der Waals surface area contributed by atoms with E-state index in [-0.39, 0.29) is 0 Å². The van der Waals surface area contributed by atoms with E-state index in [2.05, 4.69) is 19.8 Å². The van der Waals surface area contributed by atoms with Crippen molar-refractivity contribution in [2.45, 2.75) is 23.4 Å². The Kier molecular flexibility index (Phi) is 4.76. The van der Waals surface area contributed by atoms with Gasteiger partial charge in [-0.15, -0.1) is 0 Å². The number of pyridine rings is 1. The molecule has 0 radical (unpaired) electrons. The summed E-state index contributed by atoms with van der Waals surface area (Å²) in [7, 11) is 0. The van der Waals surface area contributed by atoms with Gasteiger partial charge in [0.05, 0.1) is 10.7 Å². The van der Waals surface area contributed by atoms with Crippen LogP contribution in [0, 0.1) is 0 Å². The first-order chi connectivity index (χ1) is 8.72. The number of aromatic nitrogens is 3. The molecule has 3 N–H and O–H groups in total. The standard InChI is InChI=1S/C10H12ClN5S2/c1-2-8-14-10(18-16-8)17-5-7-6(11)3-4-9(13-7)15-12/h3-4H,2,5,12H2,1H3,(H,13,15). The summed E-state index contributed by atoms with van der Waals surface area (Å²) >= 11 is 9.05. The second-order valence-electron chi connectivity index (χ2n) is 3.39. The first-order valence-electron chi connectivity index (χ1n) is 5.30. The molecule has 0 atom stereocenters. The van der Waals surface area contributed by atoms with Crippen LogP contribution in [0.15, 0.2) is 16.5 Å². The smallest absolute Gasteiger partial charge is 0.170 e. The summed E-state index contributed by atoms with van der Waals surface area (Å²) in [5, 5.41) is 0.627. The van der Waals surface area contributed by atoms with Gasteiger partial charge in [-0.3, -0.25) is 0 Å². The minimum atomic E-state index is 0.599. The van der Waals surface area contributed by atoms with Crippen molar-refractivity contribution >= 4 is 40.7 Å². The summed E-state index contributed by atoms with van der Waals surface area (Å²) in [4.78, 5) is 8.68. The van der Waals surface area contributed by atoms with Gasteiger partial charge in [0.15, 0.2) is 4.34 Å². The van der Waals surface area contributed by atoms with Crippen LogP contribution in [0.3, 0.4) is 0 Å². The number of hydrazine groups is 1. The molecule has 0 aliphatic rings. The molecule has 8 heteroatoms. The van der Waals surface area contributed by atoms with Crippen molar-refractivity contribution in [3.05, 3.63) is 28.7 Å². The van der Waals surface area contributed by atoms with Gasteiger partial charge in [0.25, 0.3) is 0 Å². The van der Waals surface area contributed by atoms with Crippen molar-refractivity contribution in [1.82, 2.24) is 14.3 Å². The molecule has 5 nitrogen and oxygen atoms in total. The van der Waals surface area contributed by atoms with E-state index in [0.29, 0.717) is 16.6 Å². The van der Waals surface area contributed by atoms with Gasteiger partial charge in [-0.1, -0.05) is 30.3 Å². The largest absolute Gasteiger partial charge is 0.308 e. The molecule has 0 fully saturated rings. The van der Waals surface area contributed by atoms with Crippen LogP contribution in [0.1, 0.15) is 18.4 Å². The average molecular weight is 302 g/mol. The Hall–Kier alpha value is -0.890. The van der Waals surface area contributed by atoms with Crippen LogP contribution in [0.25, 0.3) is 0 Å². The number of nitrogens with one attached hydrogen (secondary N) is 1. The summed E-state index contributed by atoms with van der Waals surface area (Å²) in [6.07, 6.45) is 0.850. The number of anilines is 1. The van der Waals surface area contributed by atoms with Gasteiger partial charge < -0.3 is 5.43 Å². The van der Waals surface area contributed by atoms with Crippen LogP contribution in [0.2, 0.25) is 5.02 Å². The maximum Gasteiger partial charge on any atom is 0.170 e. The first kappa shape index (κ1) is 13.5. The molecule has 0 bridgehead atoms. The fraction of sp³-hybridized carbons (Fsp3) is 0.300. The molecule has 2 heterocycles. The van der Waals surface area contributed by atoms with Crippen molar-refractivity contribution in [1.29, 1.82) is 0 Å². The predicted octanol–water partition coefficient (Wildman–Crippen LogP) is 2.73. The van der Waals surface area contributed by atoms with Gasteiger partial charge in [0.1, 0.15) is 11.6 Å². The topological polar surface area (TPSA) is 76.7 Å². The molecule has 0 saturated heterocycles. The number of hydrogen-bond acceptors (Lipinski definition) is 7. The molecule has 96 valence electrons. The second-order valence-corrected chi connectivity index (χ2v) is 5.77. The molecule has 0 saturated carbocycles. The van der Waals surface area contributed by atoms with Crippen LogP contribution < -0.4 is 11.3 Å². The Morgan fingerprint density at radius 3 is 2.94 bits per heavy atom. The normalized spacial score (nSPS) is 10.6. The van der Waals surface area contributed by atoms with E-state index in [0.717, 1.165) is 22.3 Å². The summed E-state index contributed by atoms with van der Waals surface area (Å²) in [5.74, 6) is 7.43. The Morgan fingerprint density at radius 1 is 1.44 bits per heavy atom. The number of thioether (sulfide) groups is 1. The molecule has 0 aliphatic heterocycles. The highest BCUT2D eigenvalue weighted by Gasteiger charge is 2.07. The zero-order valence-electron chi connectivity index (χ0n) is 9.68. The first-order valence-corrected chi connectivity index (χ1v) is 7.44. The second kappa shape index (κ2) is 6.33. The third-order valence-corrected chi connectivity index (χ3v) is 4.39. The summed E-state index contributed by atoms with van der Waals surface area (Å²) in [6.45, 7) is 2.03. The third kappa shape index (κ3) is 3.32. The maximum absolute atomic E-state index is 6.07. The van der Waals surface area contributed by atoms with E-state index in [4.69, 9.17) is 17.4 Å². The molecule has 0 unspecified atom stereocenters. The van der Waals surface area contributed by atoms with Gasteiger partial charge in [-0.25, -0.2) is 15.8 Å². The van der Waals surface area contributed by atoms with Gasteiger partial charge in [0.2, 0.25) is 0 Å². The molecule has 2 aromatic heterocycles. The highest BCUT2D eigenvalue weighted by molar-refractivity contribution is 8.00. The molecule has 18 heavy (non-hydrogen) atoms. The molecule has 2 rings (SSSR count). The monoisotopic (exact) mass is 301 g/mol. The van der Waals surface area contributed by atoms with Crippen LogP contribution in [0.4, 0.5) is 5.82 Å². The Bertz CT molecular complexity index is 531. The van der Waals surface area contributed by atoms with Gasteiger partial charge in [-0.05, 0) is 23.7 Å². The lowest BCUT2D eigenvalue weighted by atomic mass is 10.4. The molecular formula is C10H12ClN5S2. The fourth-order valence-corrected chi connectivity index (χ4v) is 3.14. The van der Waals surface area contributed by atoms with Gasteiger partial charge >= 0.3 is 0 Å². The molecule has 0 aromatic carbocycles. The van der Waals surface area contributed by atoms with Crippen LogP contribution in [-0.2, 0) is 12.2 Å². The van der Waals surface area contributed by atoms with E-state index in [1.807, 2.05) is 6.92 Å². The highest BCUT2D eigenvalue weighted by atomic mass is 35.5. The zero-order valence-corrected chi connectivity index (χ0v) is 12.1.